The Hall–Kier alpha value is -4.58. The highest BCUT2D eigenvalue weighted by molar-refractivity contribution is 7.12. The molecule has 42 heavy (non-hydrogen) atoms. The van der Waals surface area contributed by atoms with Crippen LogP contribution < -0.4 is 29.7 Å². The molecule has 0 aliphatic rings. The zero-order valence-corrected chi connectivity index (χ0v) is 25.4. The number of nitrogens with zero attached hydrogens (tertiary/aromatic N) is 1. The number of rotatable bonds is 11. The molecule has 3 amide bonds. The number of thiophene rings is 1. The Bertz CT molecular complexity index is 1390. The minimum atomic E-state index is -1.26. The van der Waals surface area contributed by atoms with E-state index in [0.29, 0.717) is 21.9 Å². The van der Waals surface area contributed by atoms with Gasteiger partial charge in [0.2, 0.25) is 17.6 Å². The molecule has 1 aromatic heterocycles. The van der Waals surface area contributed by atoms with Gasteiger partial charge in [-0.05, 0) is 74.2 Å². The van der Waals surface area contributed by atoms with Crippen LogP contribution in [0, 0.1) is 0 Å². The second-order valence-electron chi connectivity index (χ2n) is 10.1. The largest absolute Gasteiger partial charge is 0.493 e. The third-order valence-electron chi connectivity index (χ3n) is 5.99. The van der Waals surface area contributed by atoms with Gasteiger partial charge in [0.15, 0.2) is 11.5 Å². The van der Waals surface area contributed by atoms with Crippen LogP contribution in [0.25, 0.3) is 0 Å². The lowest BCUT2D eigenvalue weighted by Gasteiger charge is -2.34. The number of carbonyl (C=O) groups is 4. The molecule has 12 heteroatoms. The summed E-state index contributed by atoms with van der Waals surface area (Å²) >= 11 is 1.24. The van der Waals surface area contributed by atoms with Gasteiger partial charge in [0.25, 0.3) is 5.91 Å². The van der Waals surface area contributed by atoms with E-state index in [1.807, 2.05) is 20.8 Å². The normalized spacial score (nSPS) is 11.6. The van der Waals surface area contributed by atoms with Crippen molar-refractivity contribution in [2.24, 2.45) is 0 Å². The van der Waals surface area contributed by atoms with Crippen LogP contribution in [-0.4, -0.2) is 64.2 Å². The van der Waals surface area contributed by atoms with E-state index < -0.39 is 41.8 Å². The predicted molar refractivity (Wildman–Crippen MR) is 159 cm³/mol. The Balaban J connectivity index is 2.19. The molecule has 0 radical (unpaired) electrons. The summed E-state index contributed by atoms with van der Waals surface area (Å²) in [4.78, 5) is 54.4. The molecule has 0 unspecified atom stereocenters. The molecule has 3 rings (SSSR count). The van der Waals surface area contributed by atoms with E-state index in [1.165, 1.54) is 68.9 Å². The topological polar surface area (TPSA) is 132 Å². The van der Waals surface area contributed by atoms with Gasteiger partial charge in [-0.3, -0.25) is 19.3 Å². The van der Waals surface area contributed by atoms with Crippen molar-refractivity contribution in [1.29, 1.82) is 0 Å². The number of ether oxygens (including phenoxy) is 4. The van der Waals surface area contributed by atoms with E-state index in [2.05, 4.69) is 10.6 Å². The fourth-order valence-electron chi connectivity index (χ4n) is 4.16. The molecule has 0 saturated heterocycles. The van der Waals surface area contributed by atoms with E-state index in [0.717, 1.165) is 0 Å². The Morgan fingerprint density at radius 1 is 0.905 bits per heavy atom. The van der Waals surface area contributed by atoms with E-state index in [-0.39, 0.29) is 17.1 Å². The van der Waals surface area contributed by atoms with Crippen molar-refractivity contribution in [1.82, 2.24) is 10.6 Å². The molecular weight excluding hydrogens is 562 g/mol. The summed E-state index contributed by atoms with van der Waals surface area (Å²) in [6.45, 7) is 5.03. The third kappa shape index (κ3) is 7.58. The summed E-state index contributed by atoms with van der Waals surface area (Å²) in [7, 11) is 5.61. The number of hydrogen-bond donors (Lipinski definition) is 2. The Labute approximate surface area is 248 Å². The smallest absolute Gasteiger partial charge is 0.337 e. The van der Waals surface area contributed by atoms with Gasteiger partial charge in [-0.25, -0.2) is 4.79 Å². The van der Waals surface area contributed by atoms with E-state index in [9.17, 15) is 19.2 Å². The highest BCUT2D eigenvalue weighted by Gasteiger charge is 2.36. The lowest BCUT2D eigenvalue weighted by atomic mass is 9.99. The average molecular weight is 598 g/mol. The van der Waals surface area contributed by atoms with Gasteiger partial charge < -0.3 is 29.6 Å². The molecule has 0 aliphatic carbocycles. The van der Waals surface area contributed by atoms with Gasteiger partial charge in [-0.1, -0.05) is 6.07 Å². The van der Waals surface area contributed by atoms with Crippen molar-refractivity contribution in [3.05, 3.63) is 69.9 Å². The average Bonchev–Trinajstić information content (AvgIpc) is 3.51. The fraction of sp³-hybridized carbons (Fsp3) is 0.333. The summed E-state index contributed by atoms with van der Waals surface area (Å²) in [6.07, 6.45) is 0. The number of methoxy groups -OCH3 is 4. The molecule has 2 N–H and O–H groups in total. The van der Waals surface area contributed by atoms with Crippen LogP contribution in [0.2, 0.25) is 0 Å². The summed E-state index contributed by atoms with van der Waals surface area (Å²) in [6, 6.07) is 11.3. The minimum Gasteiger partial charge on any atom is -0.493 e. The molecule has 0 saturated carbocycles. The van der Waals surface area contributed by atoms with Crippen LogP contribution in [0.1, 0.15) is 52.4 Å². The first kappa shape index (κ1) is 31.9. The van der Waals surface area contributed by atoms with Gasteiger partial charge >= 0.3 is 5.97 Å². The van der Waals surface area contributed by atoms with Crippen molar-refractivity contribution in [3.63, 3.8) is 0 Å². The summed E-state index contributed by atoms with van der Waals surface area (Å²) in [5.41, 5.74) is 0.234. The number of amides is 3. The van der Waals surface area contributed by atoms with Crippen LogP contribution >= 0.6 is 11.3 Å². The fourth-order valence-corrected chi connectivity index (χ4v) is 4.80. The molecule has 11 nitrogen and oxygen atoms in total. The number of esters is 1. The van der Waals surface area contributed by atoms with E-state index in [4.69, 9.17) is 18.9 Å². The molecule has 224 valence electrons. The monoisotopic (exact) mass is 597 g/mol. The van der Waals surface area contributed by atoms with E-state index in [1.54, 1.807) is 29.6 Å². The number of carbonyl (C=O) groups excluding carboxylic acids is 4. The maximum Gasteiger partial charge on any atom is 0.337 e. The quantitative estimate of drug-likeness (QED) is 0.317. The molecule has 0 aliphatic heterocycles. The van der Waals surface area contributed by atoms with Crippen molar-refractivity contribution in [2.75, 3.05) is 39.9 Å². The zero-order chi connectivity index (χ0) is 31.0. The Kier molecular flexibility index (Phi) is 10.5. The molecular formula is C30H35N3O8S. The first-order chi connectivity index (χ1) is 19.9. The second-order valence-corrected chi connectivity index (χ2v) is 11.0. The Morgan fingerprint density at radius 3 is 2.00 bits per heavy atom. The maximum atomic E-state index is 14.0. The number of hydrogen-bond acceptors (Lipinski definition) is 9. The molecule has 1 atom stereocenters. The van der Waals surface area contributed by atoms with Crippen molar-refractivity contribution in [3.8, 4) is 17.2 Å². The number of nitrogens with one attached hydrogen (secondary N) is 2. The lowest BCUT2D eigenvalue weighted by Crippen LogP contribution is -2.51. The standard InChI is InChI=1S/C30H35N3O8S/c1-30(2,3)32-28(36)25(19-15-21(38-4)26(40-6)22(16-19)39-5)33(20-12-10-18(11-13-20)29(37)41-7)24(34)17-31-27(35)23-9-8-14-42-23/h8-16,25H,17H2,1-7H3,(H,31,35)(H,32,36)/t25-/m0/s1. The van der Waals surface area contributed by atoms with Crippen LogP contribution in [0.4, 0.5) is 5.69 Å². The van der Waals surface area contributed by atoms with Crippen LogP contribution in [0.15, 0.2) is 53.9 Å². The molecule has 3 aromatic rings. The number of anilines is 1. The van der Waals surface area contributed by atoms with E-state index >= 15 is 0 Å². The lowest BCUT2D eigenvalue weighted by molar-refractivity contribution is -0.127. The summed E-state index contributed by atoms with van der Waals surface area (Å²) in [5.74, 6) is -1.22. The highest BCUT2D eigenvalue weighted by Crippen LogP contribution is 2.41. The SMILES string of the molecule is COC(=O)c1ccc(N(C(=O)CNC(=O)c2cccs2)[C@H](C(=O)NC(C)(C)C)c2cc(OC)c(OC)c(OC)c2)cc1. The number of benzene rings is 2. The van der Waals surface area contributed by atoms with Crippen LogP contribution in [0.5, 0.6) is 17.2 Å². The van der Waals surface area contributed by atoms with Gasteiger partial charge in [0.05, 0.1) is 45.4 Å². The minimum absolute atomic E-state index is 0.253. The molecule has 0 fully saturated rings. The molecule has 0 spiro atoms. The second kappa shape index (κ2) is 13.9. The van der Waals surface area contributed by atoms with Crippen LogP contribution in [0.3, 0.4) is 0 Å². The summed E-state index contributed by atoms with van der Waals surface area (Å²) in [5, 5.41) is 7.34. The van der Waals surface area contributed by atoms with Gasteiger partial charge in [-0.15, -0.1) is 11.3 Å². The van der Waals surface area contributed by atoms with Crippen molar-refractivity contribution in [2.45, 2.75) is 32.4 Å². The first-order valence-corrected chi connectivity index (χ1v) is 13.8. The summed E-state index contributed by atoms with van der Waals surface area (Å²) < 4.78 is 21.3. The van der Waals surface area contributed by atoms with Crippen molar-refractivity contribution < 1.29 is 38.1 Å². The Morgan fingerprint density at radius 2 is 1.52 bits per heavy atom. The van der Waals surface area contributed by atoms with Gasteiger partial charge in [0.1, 0.15) is 6.04 Å². The highest BCUT2D eigenvalue weighted by atomic mass is 32.1. The molecule has 1 heterocycles. The maximum absolute atomic E-state index is 14.0. The predicted octanol–water partition coefficient (Wildman–Crippen LogP) is 3.98. The molecule has 0 bridgehead atoms. The van der Waals surface area contributed by atoms with Gasteiger partial charge in [0, 0.05) is 11.2 Å². The molecule has 2 aromatic carbocycles. The van der Waals surface area contributed by atoms with Crippen LogP contribution in [-0.2, 0) is 14.3 Å². The van der Waals surface area contributed by atoms with Gasteiger partial charge in [-0.2, -0.15) is 0 Å². The first-order valence-electron chi connectivity index (χ1n) is 12.9. The zero-order valence-electron chi connectivity index (χ0n) is 24.6. The van der Waals surface area contributed by atoms with Crippen molar-refractivity contribution >= 4 is 40.7 Å². The third-order valence-corrected chi connectivity index (χ3v) is 6.86.